The maximum absolute atomic E-state index is 11.7. The van der Waals surface area contributed by atoms with Crippen molar-refractivity contribution in [1.29, 1.82) is 0 Å². The van der Waals surface area contributed by atoms with Gasteiger partial charge >= 0.3 is 5.97 Å². The summed E-state index contributed by atoms with van der Waals surface area (Å²) in [6, 6.07) is 8.23. The zero-order valence-electron chi connectivity index (χ0n) is 11.6. The van der Waals surface area contributed by atoms with Crippen molar-refractivity contribution in [1.82, 2.24) is 0 Å². The zero-order valence-corrected chi connectivity index (χ0v) is 12.4. The first-order valence-corrected chi connectivity index (χ1v) is 6.63. The SMILES string of the molecule is Cc1ccc(C(=O)OCC(=O)Nc2ccc(Cl)cc2C)o1. The van der Waals surface area contributed by atoms with Crippen LogP contribution >= 0.6 is 11.6 Å². The largest absolute Gasteiger partial charge is 0.454 e. The van der Waals surface area contributed by atoms with E-state index in [4.69, 9.17) is 20.8 Å². The normalized spacial score (nSPS) is 10.2. The van der Waals surface area contributed by atoms with Crippen molar-refractivity contribution in [2.45, 2.75) is 13.8 Å². The van der Waals surface area contributed by atoms with Crippen LogP contribution < -0.4 is 5.32 Å². The van der Waals surface area contributed by atoms with E-state index in [2.05, 4.69) is 5.32 Å². The Morgan fingerprint density at radius 1 is 1.24 bits per heavy atom. The second kappa shape index (κ2) is 6.45. The summed E-state index contributed by atoms with van der Waals surface area (Å²) in [4.78, 5) is 23.4. The number of carbonyl (C=O) groups is 2. The predicted molar refractivity (Wildman–Crippen MR) is 78.5 cm³/mol. The van der Waals surface area contributed by atoms with Crippen LogP contribution in [-0.2, 0) is 9.53 Å². The van der Waals surface area contributed by atoms with Crippen molar-refractivity contribution in [3.8, 4) is 0 Å². The maximum Gasteiger partial charge on any atom is 0.374 e. The molecule has 6 heteroatoms. The molecule has 0 aliphatic rings. The second-order valence-corrected chi connectivity index (χ2v) is 4.93. The molecule has 1 N–H and O–H groups in total. The monoisotopic (exact) mass is 307 g/mol. The molecule has 0 saturated heterocycles. The lowest BCUT2D eigenvalue weighted by Crippen LogP contribution is -2.21. The van der Waals surface area contributed by atoms with Crippen LogP contribution in [0, 0.1) is 13.8 Å². The predicted octanol–water partition coefficient (Wildman–Crippen LogP) is 3.35. The highest BCUT2D eigenvalue weighted by molar-refractivity contribution is 6.30. The van der Waals surface area contributed by atoms with Crippen LogP contribution in [0.5, 0.6) is 0 Å². The number of anilines is 1. The maximum atomic E-state index is 11.7. The Morgan fingerprint density at radius 2 is 2.00 bits per heavy atom. The molecule has 0 atom stereocenters. The number of amides is 1. The highest BCUT2D eigenvalue weighted by Gasteiger charge is 2.14. The summed E-state index contributed by atoms with van der Waals surface area (Å²) in [7, 11) is 0. The summed E-state index contributed by atoms with van der Waals surface area (Å²) < 4.78 is 9.98. The van der Waals surface area contributed by atoms with Crippen LogP contribution in [-0.4, -0.2) is 18.5 Å². The van der Waals surface area contributed by atoms with Gasteiger partial charge in [0, 0.05) is 10.7 Å². The smallest absolute Gasteiger partial charge is 0.374 e. The van der Waals surface area contributed by atoms with E-state index >= 15 is 0 Å². The Balaban J connectivity index is 1.89. The Hall–Kier alpha value is -2.27. The van der Waals surface area contributed by atoms with Crippen molar-refractivity contribution < 1.29 is 18.7 Å². The van der Waals surface area contributed by atoms with Gasteiger partial charge in [-0.1, -0.05) is 11.6 Å². The lowest BCUT2D eigenvalue weighted by atomic mass is 10.2. The quantitative estimate of drug-likeness (QED) is 0.880. The first-order valence-electron chi connectivity index (χ1n) is 6.25. The lowest BCUT2D eigenvalue weighted by molar-refractivity contribution is -0.119. The molecule has 2 aromatic rings. The number of nitrogens with one attached hydrogen (secondary N) is 1. The highest BCUT2D eigenvalue weighted by Crippen LogP contribution is 2.19. The number of rotatable bonds is 4. The van der Waals surface area contributed by atoms with Crippen molar-refractivity contribution in [3.05, 3.63) is 52.4 Å². The van der Waals surface area contributed by atoms with Crippen molar-refractivity contribution in [2.24, 2.45) is 0 Å². The minimum atomic E-state index is -0.675. The van der Waals surface area contributed by atoms with Gasteiger partial charge in [0.2, 0.25) is 5.76 Å². The fraction of sp³-hybridized carbons (Fsp3) is 0.200. The molecule has 0 aliphatic carbocycles. The first kappa shape index (κ1) is 15.1. The van der Waals surface area contributed by atoms with Gasteiger partial charge in [-0.15, -0.1) is 0 Å². The van der Waals surface area contributed by atoms with Gasteiger partial charge in [0.15, 0.2) is 6.61 Å². The number of benzene rings is 1. The molecule has 2 rings (SSSR count). The topological polar surface area (TPSA) is 68.5 Å². The number of aryl methyl sites for hydroxylation is 2. The van der Waals surface area contributed by atoms with Gasteiger partial charge in [-0.3, -0.25) is 4.79 Å². The number of furan rings is 1. The number of esters is 1. The lowest BCUT2D eigenvalue weighted by Gasteiger charge is -2.08. The van der Waals surface area contributed by atoms with Gasteiger partial charge in [0.05, 0.1) is 0 Å². The zero-order chi connectivity index (χ0) is 15.4. The summed E-state index contributed by atoms with van der Waals surface area (Å²) >= 11 is 5.83. The Morgan fingerprint density at radius 3 is 2.62 bits per heavy atom. The van der Waals surface area contributed by atoms with Gasteiger partial charge in [-0.05, 0) is 49.7 Å². The fourth-order valence-electron chi connectivity index (χ4n) is 1.70. The summed E-state index contributed by atoms with van der Waals surface area (Å²) in [6.07, 6.45) is 0. The van der Waals surface area contributed by atoms with Gasteiger partial charge in [-0.25, -0.2) is 4.79 Å². The third-order valence-corrected chi connectivity index (χ3v) is 2.97. The van der Waals surface area contributed by atoms with E-state index in [9.17, 15) is 9.59 Å². The molecular formula is C15H14ClNO4. The summed E-state index contributed by atoms with van der Waals surface area (Å²) in [5.74, 6) is -0.436. The van der Waals surface area contributed by atoms with Crippen LogP contribution in [0.4, 0.5) is 5.69 Å². The third-order valence-electron chi connectivity index (χ3n) is 2.74. The minimum absolute atomic E-state index is 0.0722. The van der Waals surface area contributed by atoms with Gasteiger partial charge < -0.3 is 14.5 Å². The average molecular weight is 308 g/mol. The third kappa shape index (κ3) is 4.10. The number of carbonyl (C=O) groups excluding carboxylic acids is 2. The Labute approximate surface area is 126 Å². The van der Waals surface area contributed by atoms with Crippen LogP contribution in [0.1, 0.15) is 21.9 Å². The molecule has 1 aromatic heterocycles. The van der Waals surface area contributed by atoms with E-state index in [1.165, 1.54) is 6.07 Å². The van der Waals surface area contributed by atoms with Crippen molar-refractivity contribution >= 4 is 29.2 Å². The summed E-state index contributed by atoms with van der Waals surface area (Å²) in [6.45, 7) is 3.15. The van der Waals surface area contributed by atoms with Crippen molar-refractivity contribution in [2.75, 3.05) is 11.9 Å². The molecule has 0 unspecified atom stereocenters. The Kier molecular flexibility index (Phi) is 4.65. The molecule has 1 aromatic carbocycles. The average Bonchev–Trinajstić information content (AvgIpc) is 2.86. The molecule has 110 valence electrons. The van der Waals surface area contributed by atoms with Crippen LogP contribution in [0.25, 0.3) is 0 Å². The number of halogens is 1. The van der Waals surface area contributed by atoms with Crippen molar-refractivity contribution in [3.63, 3.8) is 0 Å². The van der Waals surface area contributed by atoms with E-state index < -0.39 is 11.9 Å². The summed E-state index contributed by atoms with van der Waals surface area (Å²) in [5, 5.41) is 3.23. The van der Waals surface area contributed by atoms with E-state index in [-0.39, 0.29) is 12.4 Å². The number of ether oxygens (including phenoxy) is 1. The second-order valence-electron chi connectivity index (χ2n) is 4.49. The standard InChI is InChI=1S/C15H14ClNO4/c1-9-7-11(16)4-5-12(9)17-14(18)8-20-15(19)13-6-3-10(2)21-13/h3-7H,8H2,1-2H3,(H,17,18). The molecule has 0 spiro atoms. The first-order chi connectivity index (χ1) is 9.95. The highest BCUT2D eigenvalue weighted by atomic mass is 35.5. The number of hydrogen-bond donors (Lipinski definition) is 1. The van der Waals surface area contributed by atoms with Gasteiger partial charge in [0.1, 0.15) is 5.76 Å². The van der Waals surface area contributed by atoms with E-state index in [0.29, 0.717) is 16.5 Å². The molecule has 1 amide bonds. The molecular weight excluding hydrogens is 294 g/mol. The minimum Gasteiger partial charge on any atom is -0.454 e. The van der Waals surface area contributed by atoms with E-state index in [1.807, 2.05) is 6.92 Å². The van der Waals surface area contributed by atoms with Crippen LogP contribution in [0.15, 0.2) is 34.7 Å². The van der Waals surface area contributed by atoms with Crippen LogP contribution in [0.2, 0.25) is 5.02 Å². The molecule has 0 bridgehead atoms. The molecule has 0 aliphatic heterocycles. The molecule has 5 nitrogen and oxygen atoms in total. The number of hydrogen-bond acceptors (Lipinski definition) is 4. The molecule has 0 fully saturated rings. The molecule has 21 heavy (non-hydrogen) atoms. The van der Waals surface area contributed by atoms with Crippen LogP contribution in [0.3, 0.4) is 0 Å². The Bertz CT molecular complexity index is 678. The fourth-order valence-corrected chi connectivity index (χ4v) is 1.93. The molecule has 0 radical (unpaired) electrons. The summed E-state index contributed by atoms with van der Waals surface area (Å²) in [5.41, 5.74) is 1.44. The molecule has 0 saturated carbocycles. The molecule has 1 heterocycles. The van der Waals surface area contributed by atoms with Gasteiger partial charge in [0.25, 0.3) is 5.91 Å². The van der Waals surface area contributed by atoms with E-state index in [0.717, 1.165) is 5.56 Å². The van der Waals surface area contributed by atoms with Gasteiger partial charge in [-0.2, -0.15) is 0 Å². The van der Waals surface area contributed by atoms with E-state index in [1.54, 1.807) is 31.2 Å².